The summed E-state index contributed by atoms with van der Waals surface area (Å²) in [5.74, 6) is 8.89. The first-order valence-corrected chi connectivity index (χ1v) is 3.91. The summed E-state index contributed by atoms with van der Waals surface area (Å²) in [5, 5.41) is 8.44. The van der Waals surface area contributed by atoms with E-state index in [4.69, 9.17) is 5.11 Å². The Hall–Kier alpha value is -1.62. The highest BCUT2D eigenvalue weighted by molar-refractivity contribution is 5.69. The SMILES string of the molecule is NN.O=C=C1CC=CN(CC(=O)O)C1. The molecule has 5 N–H and O–H groups in total. The maximum absolute atomic E-state index is 10.3. The van der Waals surface area contributed by atoms with Gasteiger partial charge in [0.1, 0.15) is 12.5 Å². The fraction of sp³-hybridized carbons (Fsp3) is 0.375. The van der Waals surface area contributed by atoms with Gasteiger partial charge in [-0.1, -0.05) is 6.08 Å². The van der Waals surface area contributed by atoms with Gasteiger partial charge >= 0.3 is 5.97 Å². The first-order chi connectivity index (χ1) is 6.72. The zero-order valence-corrected chi connectivity index (χ0v) is 7.64. The molecule has 78 valence electrons. The second-order valence-corrected chi connectivity index (χ2v) is 2.59. The van der Waals surface area contributed by atoms with Gasteiger partial charge < -0.3 is 10.0 Å². The summed E-state index contributed by atoms with van der Waals surface area (Å²) < 4.78 is 0. The van der Waals surface area contributed by atoms with E-state index in [1.807, 2.05) is 0 Å². The molecule has 0 radical (unpaired) electrons. The number of rotatable bonds is 2. The lowest BCUT2D eigenvalue weighted by Gasteiger charge is -2.21. The van der Waals surface area contributed by atoms with E-state index in [0.29, 0.717) is 18.5 Å². The number of aliphatic carboxylic acids is 1. The Labute approximate surface area is 81.4 Å². The molecule has 0 aliphatic carbocycles. The van der Waals surface area contributed by atoms with Crippen LogP contribution in [0.25, 0.3) is 0 Å². The number of nitrogens with two attached hydrogens (primary N) is 2. The van der Waals surface area contributed by atoms with Gasteiger partial charge in [0.05, 0.1) is 6.54 Å². The van der Waals surface area contributed by atoms with Crippen LogP contribution in [0.5, 0.6) is 0 Å². The van der Waals surface area contributed by atoms with Crippen LogP contribution in [0.1, 0.15) is 6.42 Å². The number of carbonyl (C=O) groups is 1. The summed E-state index contributed by atoms with van der Waals surface area (Å²) in [6.45, 7) is 0.313. The van der Waals surface area contributed by atoms with Crippen molar-refractivity contribution in [3.63, 3.8) is 0 Å². The highest BCUT2D eigenvalue weighted by Gasteiger charge is 2.11. The highest BCUT2D eigenvalue weighted by atomic mass is 16.4. The van der Waals surface area contributed by atoms with Crippen molar-refractivity contribution in [2.45, 2.75) is 6.42 Å². The van der Waals surface area contributed by atoms with Crippen molar-refractivity contribution in [2.75, 3.05) is 13.1 Å². The number of carboxylic acids is 1. The average Bonchev–Trinajstić information content (AvgIpc) is 2.20. The van der Waals surface area contributed by atoms with Crippen LogP contribution < -0.4 is 11.7 Å². The third-order valence-corrected chi connectivity index (χ3v) is 1.56. The van der Waals surface area contributed by atoms with E-state index in [1.165, 1.54) is 0 Å². The molecule has 0 aromatic carbocycles. The number of nitrogens with zero attached hydrogens (tertiary/aromatic N) is 1. The first kappa shape index (κ1) is 12.4. The zero-order chi connectivity index (χ0) is 11.0. The largest absolute Gasteiger partial charge is 0.480 e. The lowest BCUT2D eigenvalue weighted by atomic mass is 10.1. The van der Waals surface area contributed by atoms with Crippen LogP contribution in [0.15, 0.2) is 17.8 Å². The van der Waals surface area contributed by atoms with Crippen molar-refractivity contribution in [3.8, 4) is 0 Å². The summed E-state index contributed by atoms with van der Waals surface area (Å²) in [6.07, 6.45) is 4.03. The second kappa shape index (κ2) is 6.85. The zero-order valence-electron chi connectivity index (χ0n) is 7.64. The molecule has 0 unspecified atom stereocenters. The molecule has 1 heterocycles. The van der Waals surface area contributed by atoms with Gasteiger partial charge in [-0.05, 0) is 6.20 Å². The van der Waals surface area contributed by atoms with E-state index in [9.17, 15) is 9.59 Å². The minimum absolute atomic E-state index is 0.0678. The maximum Gasteiger partial charge on any atom is 0.323 e. The summed E-state index contributed by atoms with van der Waals surface area (Å²) in [6, 6.07) is 0. The van der Waals surface area contributed by atoms with Gasteiger partial charge in [-0.3, -0.25) is 16.5 Å². The highest BCUT2D eigenvalue weighted by Crippen LogP contribution is 2.08. The van der Waals surface area contributed by atoms with E-state index in [0.717, 1.165) is 0 Å². The minimum atomic E-state index is -0.896. The van der Waals surface area contributed by atoms with Crippen LogP contribution in [0.2, 0.25) is 0 Å². The van der Waals surface area contributed by atoms with Gasteiger partial charge in [-0.2, -0.15) is 0 Å². The molecule has 6 heteroatoms. The topological polar surface area (TPSA) is 110 Å². The molecular formula is C8H13N3O3. The van der Waals surface area contributed by atoms with Crippen molar-refractivity contribution in [3.05, 3.63) is 17.8 Å². The molecule has 0 saturated carbocycles. The second-order valence-electron chi connectivity index (χ2n) is 2.59. The quantitative estimate of drug-likeness (QED) is 0.295. The van der Waals surface area contributed by atoms with E-state index >= 15 is 0 Å². The molecule has 0 aromatic heterocycles. The Balaban J connectivity index is 0.000000791. The molecule has 1 aliphatic rings. The Morgan fingerprint density at radius 1 is 1.64 bits per heavy atom. The molecule has 1 aliphatic heterocycles. The Bertz CT molecular complexity index is 269. The summed E-state index contributed by atoms with van der Waals surface area (Å²) >= 11 is 0. The molecule has 0 aromatic rings. The van der Waals surface area contributed by atoms with Gasteiger partial charge in [-0.15, -0.1) is 0 Å². The molecule has 0 bridgehead atoms. The van der Waals surface area contributed by atoms with E-state index in [-0.39, 0.29) is 6.54 Å². The first-order valence-electron chi connectivity index (χ1n) is 3.91. The lowest BCUT2D eigenvalue weighted by Crippen LogP contribution is -2.28. The van der Waals surface area contributed by atoms with Gasteiger partial charge in [0.2, 0.25) is 0 Å². The normalized spacial score (nSPS) is 14.1. The van der Waals surface area contributed by atoms with E-state index < -0.39 is 5.97 Å². The van der Waals surface area contributed by atoms with Crippen molar-refractivity contribution in [1.82, 2.24) is 4.90 Å². The molecule has 0 fully saturated rings. The number of hydrogen-bond donors (Lipinski definition) is 3. The fourth-order valence-electron chi connectivity index (χ4n) is 1.06. The smallest absolute Gasteiger partial charge is 0.323 e. The van der Waals surface area contributed by atoms with Crippen molar-refractivity contribution >= 4 is 11.9 Å². The summed E-state index contributed by atoms with van der Waals surface area (Å²) in [5.41, 5.74) is 0.596. The molecule has 0 saturated heterocycles. The van der Waals surface area contributed by atoms with Crippen LogP contribution in [0, 0.1) is 0 Å². The third-order valence-electron chi connectivity index (χ3n) is 1.56. The number of allylic oxidation sites excluding steroid dienone is 1. The van der Waals surface area contributed by atoms with E-state index in [1.54, 1.807) is 23.1 Å². The molecule has 0 amide bonds. The minimum Gasteiger partial charge on any atom is -0.480 e. The molecular weight excluding hydrogens is 186 g/mol. The molecule has 0 atom stereocenters. The molecule has 14 heavy (non-hydrogen) atoms. The standard InChI is InChI=1S/C8H9NO3.H4N2/c10-6-7-2-1-3-9(4-7)5-8(11)12;1-2/h1,3H,2,4-5H2,(H,11,12);1-2H2. The predicted octanol–water partition coefficient (Wildman–Crippen LogP) is -1.13. The van der Waals surface area contributed by atoms with Crippen LogP contribution in [0.3, 0.4) is 0 Å². The third kappa shape index (κ3) is 4.42. The molecule has 0 spiro atoms. The average molecular weight is 199 g/mol. The van der Waals surface area contributed by atoms with Crippen LogP contribution in [-0.2, 0) is 9.59 Å². The van der Waals surface area contributed by atoms with Gasteiger partial charge in [-0.25, -0.2) is 4.79 Å². The van der Waals surface area contributed by atoms with E-state index in [2.05, 4.69) is 11.7 Å². The van der Waals surface area contributed by atoms with Gasteiger partial charge in [0.15, 0.2) is 0 Å². The van der Waals surface area contributed by atoms with Gasteiger partial charge in [0.25, 0.3) is 0 Å². The van der Waals surface area contributed by atoms with Crippen LogP contribution in [-0.4, -0.2) is 35.0 Å². The van der Waals surface area contributed by atoms with Crippen LogP contribution in [0.4, 0.5) is 0 Å². The van der Waals surface area contributed by atoms with Gasteiger partial charge in [0, 0.05) is 12.0 Å². The monoisotopic (exact) mass is 199 g/mol. The Morgan fingerprint density at radius 2 is 2.29 bits per heavy atom. The number of hydrogen-bond acceptors (Lipinski definition) is 5. The molecule has 1 rings (SSSR count). The maximum atomic E-state index is 10.3. The van der Waals surface area contributed by atoms with Crippen LogP contribution >= 0.6 is 0 Å². The van der Waals surface area contributed by atoms with Crippen molar-refractivity contribution < 1.29 is 14.7 Å². The number of carboxylic acid groups (broad SMARTS) is 1. The Morgan fingerprint density at radius 3 is 2.79 bits per heavy atom. The van der Waals surface area contributed by atoms with Crippen molar-refractivity contribution in [2.24, 2.45) is 11.7 Å². The van der Waals surface area contributed by atoms with Crippen molar-refractivity contribution in [1.29, 1.82) is 0 Å². The molecule has 6 nitrogen and oxygen atoms in total. The number of carbonyl (C=O) groups excluding carboxylic acids is 1. The lowest BCUT2D eigenvalue weighted by molar-refractivity contribution is -0.137. The fourth-order valence-corrected chi connectivity index (χ4v) is 1.06. The number of hydrazine groups is 1. The predicted molar refractivity (Wildman–Crippen MR) is 50.5 cm³/mol. The summed E-state index contributed by atoms with van der Waals surface area (Å²) in [4.78, 5) is 22.1. The summed E-state index contributed by atoms with van der Waals surface area (Å²) in [7, 11) is 0. The Kier molecular flexibility index (Phi) is 6.06.